The van der Waals surface area contributed by atoms with Gasteiger partial charge in [0.15, 0.2) is 0 Å². The van der Waals surface area contributed by atoms with E-state index >= 15 is 0 Å². The summed E-state index contributed by atoms with van der Waals surface area (Å²) in [6, 6.07) is 8.37. The van der Waals surface area contributed by atoms with Crippen LogP contribution in [0.15, 0.2) is 24.3 Å². The molecule has 14 heavy (non-hydrogen) atoms. The summed E-state index contributed by atoms with van der Waals surface area (Å²) < 4.78 is 13.6. The van der Waals surface area contributed by atoms with Crippen LogP contribution >= 0.6 is 0 Å². The van der Waals surface area contributed by atoms with E-state index < -0.39 is 5.67 Å². The van der Waals surface area contributed by atoms with Crippen molar-refractivity contribution in [1.82, 2.24) is 5.32 Å². The third-order valence-corrected chi connectivity index (χ3v) is 2.91. The first-order chi connectivity index (χ1) is 6.58. The number of halogens is 1. The first kappa shape index (κ1) is 9.66. The van der Waals surface area contributed by atoms with Gasteiger partial charge >= 0.3 is 0 Å². The minimum atomic E-state index is -1.05. The van der Waals surface area contributed by atoms with Gasteiger partial charge in [-0.3, -0.25) is 0 Å². The Bertz CT molecular complexity index is 333. The minimum Gasteiger partial charge on any atom is -0.307 e. The molecule has 1 aromatic carbocycles. The molecule has 1 aromatic rings. The molecule has 2 atom stereocenters. The van der Waals surface area contributed by atoms with E-state index in [4.69, 9.17) is 0 Å². The van der Waals surface area contributed by atoms with E-state index in [1.807, 2.05) is 12.1 Å². The van der Waals surface area contributed by atoms with Gasteiger partial charge in [0.25, 0.3) is 0 Å². The van der Waals surface area contributed by atoms with Gasteiger partial charge in [-0.05, 0) is 25.0 Å². The van der Waals surface area contributed by atoms with Crippen LogP contribution in [0.1, 0.15) is 30.5 Å². The van der Waals surface area contributed by atoms with Crippen LogP contribution in [0, 0.1) is 6.92 Å². The number of alkyl halides is 1. The summed E-state index contributed by atoms with van der Waals surface area (Å²) in [5.41, 5.74) is 1.42. The van der Waals surface area contributed by atoms with Crippen molar-refractivity contribution >= 4 is 0 Å². The smallest absolute Gasteiger partial charge is 0.122 e. The van der Waals surface area contributed by atoms with Crippen LogP contribution in [0.2, 0.25) is 0 Å². The van der Waals surface area contributed by atoms with Crippen molar-refractivity contribution in [2.45, 2.75) is 32.0 Å². The number of aryl methyl sites for hydroxylation is 1. The highest BCUT2D eigenvalue weighted by atomic mass is 19.1. The lowest BCUT2D eigenvalue weighted by Crippen LogP contribution is -2.21. The largest absolute Gasteiger partial charge is 0.307 e. The van der Waals surface area contributed by atoms with Crippen LogP contribution in [0.5, 0.6) is 0 Å². The Morgan fingerprint density at radius 3 is 2.71 bits per heavy atom. The maximum absolute atomic E-state index is 13.6. The maximum atomic E-state index is 13.6. The van der Waals surface area contributed by atoms with E-state index in [-0.39, 0.29) is 6.04 Å². The molecule has 1 saturated heterocycles. The van der Waals surface area contributed by atoms with Crippen molar-refractivity contribution in [2.75, 3.05) is 6.54 Å². The summed E-state index contributed by atoms with van der Waals surface area (Å²) in [7, 11) is 0. The summed E-state index contributed by atoms with van der Waals surface area (Å²) >= 11 is 0. The topological polar surface area (TPSA) is 12.0 Å². The second-order valence-electron chi connectivity index (χ2n) is 4.41. The highest BCUT2D eigenvalue weighted by Gasteiger charge is 2.35. The zero-order chi connectivity index (χ0) is 10.2. The third-order valence-electron chi connectivity index (χ3n) is 2.91. The molecule has 76 valence electrons. The van der Waals surface area contributed by atoms with Crippen molar-refractivity contribution < 1.29 is 4.39 Å². The summed E-state index contributed by atoms with van der Waals surface area (Å²) in [6.45, 7) is 4.20. The molecular weight excluding hydrogens is 177 g/mol. The zero-order valence-electron chi connectivity index (χ0n) is 8.68. The van der Waals surface area contributed by atoms with Gasteiger partial charge < -0.3 is 5.32 Å². The van der Waals surface area contributed by atoms with E-state index in [1.54, 1.807) is 6.92 Å². The second-order valence-corrected chi connectivity index (χ2v) is 4.41. The Hall–Kier alpha value is -0.890. The molecular formula is C12H16FN. The average molecular weight is 193 g/mol. The molecule has 1 aliphatic heterocycles. The fraction of sp³-hybridized carbons (Fsp3) is 0.500. The number of hydrogen-bond acceptors (Lipinski definition) is 1. The van der Waals surface area contributed by atoms with E-state index in [0.29, 0.717) is 13.0 Å². The van der Waals surface area contributed by atoms with Crippen molar-refractivity contribution in [3.05, 3.63) is 35.4 Å². The standard InChI is InChI=1S/C12H16FN/c1-9-5-3-4-6-10(9)11-7-12(2,13)8-14-11/h3-6,11,14H,7-8H2,1-2H3. The molecule has 2 rings (SSSR count). The Balaban J connectivity index is 2.22. The first-order valence-electron chi connectivity index (χ1n) is 5.06. The Labute approximate surface area is 84.3 Å². The molecule has 1 nitrogen and oxygen atoms in total. The molecule has 1 aliphatic rings. The fourth-order valence-corrected chi connectivity index (χ4v) is 2.10. The van der Waals surface area contributed by atoms with E-state index in [2.05, 4.69) is 24.4 Å². The normalized spacial score (nSPS) is 32.1. The zero-order valence-corrected chi connectivity index (χ0v) is 8.68. The second kappa shape index (κ2) is 3.35. The summed E-state index contributed by atoms with van der Waals surface area (Å²) in [5.74, 6) is 0. The van der Waals surface area contributed by atoms with Crippen LogP contribution in [-0.2, 0) is 0 Å². The number of nitrogens with one attached hydrogen (secondary N) is 1. The van der Waals surface area contributed by atoms with Gasteiger partial charge in [0, 0.05) is 19.0 Å². The van der Waals surface area contributed by atoms with Gasteiger partial charge in [0.2, 0.25) is 0 Å². The van der Waals surface area contributed by atoms with Gasteiger partial charge in [-0.25, -0.2) is 4.39 Å². The molecule has 0 aliphatic carbocycles. The van der Waals surface area contributed by atoms with Crippen molar-refractivity contribution in [3.63, 3.8) is 0 Å². The summed E-state index contributed by atoms with van der Waals surface area (Å²) in [4.78, 5) is 0. The Kier molecular flexibility index (Phi) is 2.31. The van der Waals surface area contributed by atoms with Crippen molar-refractivity contribution in [3.8, 4) is 0 Å². The van der Waals surface area contributed by atoms with Crippen LogP contribution in [-0.4, -0.2) is 12.2 Å². The lowest BCUT2D eigenvalue weighted by Gasteiger charge is -2.14. The van der Waals surface area contributed by atoms with Crippen molar-refractivity contribution in [2.24, 2.45) is 0 Å². The average Bonchev–Trinajstić information content (AvgIpc) is 2.47. The molecule has 1 fully saturated rings. The highest BCUT2D eigenvalue weighted by Crippen LogP contribution is 2.33. The van der Waals surface area contributed by atoms with Gasteiger partial charge in [0.05, 0.1) is 0 Å². The monoisotopic (exact) mass is 193 g/mol. The van der Waals surface area contributed by atoms with E-state index in [1.165, 1.54) is 11.1 Å². The summed E-state index contributed by atoms with van der Waals surface area (Å²) in [5, 5.41) is 3.23. The minimum absolute atomic E-state index is 0.186. The van der Waals surface area contributed by atoms with Crippen LogP contribution < -0.4 is 5.32 Å². The molecule has 2 heteroatoms. The highest BCUT2D eigenvalue weighted by molar-refractivity contribution is 5.30. The predicted octanol–water partition coefficient (Wildman–Crippen LogP) is 2.76. The number of hydrogen-bond donors (Lipinski definition) is 1. The molecule has 0 spiro atoms. The van der Waals surface area contributed by atoms with Crippen LogP contribution in [0.4, 0.5) is 4.39 Å². The van der Waals surface area contributed by atoms with Gasteiger partial charge in [-0.1, -0.05) is 24.3 Å². The lowest BCUT2D eigenvalue weighted by molar-refractivity contribution is 0.214. The number of rotatable bonds is 1. The third kappa shape index (κ3) is 1.80. The van der Waals surface area contributed by atoms with Crippen LogP contribution in [0.3, 0.4) is 0 Å². The molecule has 0 radical (unpaired) electrons. The molecule has 1 N–H and O–H groups in total. The molecule has 2 unspecified atom stereocenters. The molecule has 0 saturated carbocycles. The summed E-state index contributed by atoms with van der Waals surface area (Å²) in [6.07, 6.45) is 0.581. The molecule has 0 bridgehead atoms. The first-order valence-corrected chi connectivity index (χ1v) is 5.06. The lowest BCUT2D eigenvalue weighted by atomic mass is 9.96. The molecule has 1 heterocycles. The Morgan fingerprint density at radius 1 is 1.43 bits per heavy atom. The SMILES string of the molecule is Cc1ccccc1C1CC(C)(F)CN1. The predicted molar refractivity (Wildman–Crippen MR) is 56.1 cm³/mol. The molecule has 0 amide bonds. The Morgan fingerprint density at radius 2 is 2.14 bits per heavy atom. The van der Waals surface area contributed by atoms with E-state index in [0.717, 1.165) is 0 Å². The van der Waals surface area contributed by atoms with Gasteiger partial charge in [-0.15, -0.1) is 0 Å². The van der Waals surface area contributed by atoms with Crippen molar-refractivity contribution in [1.29, 1.82) is 0 Å². The van der Waals surface area contributed by atoms with Gasteiger partial charge in [-0.2, -0.15) is 0 Å². The quantitative estimate of drug-likeness (QED) is 0.723. The maximum Gasteiger partial charge on any atom is 0.122 e. The number of benzene rings is 1. The van der Waals surface area contributed by atoms with E-state index in [9.17, 15) is 4.39 Å². The van der Waals surface area contributed by atoms with Gasteiger partial charge in [0.1, 0.15) is 5.67 Å². The fourth-order valence-electron chi connectivity index (χ4n) is 2.10. The molecule has 0 aromatic heterocycles. The van der Waals surface area contributed by atoms with Crippen LogP contribution in [0.25, 0.3) is 0 Å².